The van der Waals surface area contributed by atoms with Crippen molar-refractivity contribution >= 4 is 5.91 Å². The van der Waals surface area contributed by atoms with Gasteiger partial charge in [-0.1, -0.05) is 20.3 Å². The quantitative estimate of drug-likeness (QED) is 0.757. The number of amides is 1. The highest BCUT2D eigenvalue weighted by Gasteiger charge is 2.24. The third-order valence-electron chi connectivity index (χ3n) is 3.38. The van der Waals surface area contributed by atoms with Crippen molar-refractivity contribution < 1.29 is 9.53 Å². The maximum atomic E-state index is 12.1. The van der Waals surface area contributed by atoms with Crippen LogP contribution in [0.5, 0.6) is 0 Å². The largest absolute Gasteiger partial charge is 0.376 e. The van der Waals surface area contributed by atoms with E-state index >= 15 is 0 Å². The Kier molecular flexibility index (Phi) is 7.28. The molecule has 1 fully saturated rings. The minimum Gasteiger partial charge on any atom is -0.376 e. The molecule has 1 amide bonds. The number of hydrogen-bond donors (Lipinski definition) is 1. The molecule has 0 radical (unpaired) electrons. The van der Waals surface area contributed by atoms with Crippen molar-refractivity contribution in [3.8, 4) is 0 Å². The topological polar surface area (TPSA) is 55.6 Å². The van der Waals surface area contributed by atoms with Crippen LogP contribution in [0, 0.1) is 0 Å². The Morgan fingerprint density at radius 3 is 2.89 bits per heavy atom. The maximum Gasteiger partial charge on any atom is 0.224 e. The van der Waals surface area contributed by atoms with E-state index in [1.807, 2.05) is 4.90 Å². The van der Waals surface area contributed by atoms with Crippen LogP contribution in [0.25, 0.3) is 0 Å². The van der Waals surface area contributed by atoms with Crippen LogP contribution in [0.4, 0.5) is 0 Å². The first-order valence-electron chi connectivity index (χ1n) is 7.32. The molecular weight excluding hydrogens is 228 g/mol. The summed E-state index contributed by atoms with van der Waals surface area (Å²) in [6, 6.07) is 0.0134. The van der Waals surface area contributed by atoms with Gasteiger partial charge in [0.05, 0.1) is 6.10 Å². The monoisotopic (exact) mass is 256 g/mol. The van der Waals surface area contributed by atoms with Crippen LogP contribution in [-0.2, 0) is 9.53 Å². The molecule has 2 unspecified atom stereocenters. The molecule has 0 aliphatic carbocycles. The third kappa shape index (κ3) is 5.36. The third-order valence-corrected chi connectivity index (χ3v) is 3.38. The van der Waals surface area contributed by atoms with Crippen molar-refractivity contribution in [2.45, 2.75) is 64.5 Å². The van der Waals surface area contributed by atoms with E-state index in [1.54, 1.807) is 0 Å². The van der Waals surface area contributed by atoms with Crippen LogP contribution in [-0.4, -0.2) is 42.6 Å². The Morgan fingerprint density at radius 1 is 1.44 bits per heavy atom. The van der Waals surface area contributed by atoms with Gasteiger partial charge in [0.2, 0.25) is 5.91 Å². The molecule has 1 aliphatic heterocycles. The van der Waals surface area contributed by atoms with Crippen LogP contribution >= 0.6 is 0 Å². The minimum absolute atomic E-state index is 0.0134. The average molecular weight is 256 g/mol. The molecular formula is C14H28N2O2. The molecule has 4 heteroatoms. The molecule has 106 valence electrons. The highest BCUT2D eigenvalue weighted by Crippen LogP contribution is 2.15. The second kappa shape index (κ2) is 8.48. The lowest BCUT2D eigenvalue weighted by Crippen LogP contribution is -2.45. The first-order chi connectivity index (χ1) is 8.67. The molecule has 2 N–H and O–H groups in total. The highest BCUT2D eigenvalue weighted by molar-refractivity contribution is 5.76. The lowest BCUT2D eigenvalue weighted by Gasteiger charge is -2.33. The fraction of sp³-hybridized carbons (Fsp3) is 0.929. The fourth-order valence-electron chi connectivity index (χ4n) is 2.41. The number of carbonyl (C=O) groups is 1. The van der Waals surface area contributed by atoms with Crippen molar-refractivity contribution in [3.63, 3.8) is 0 Å². The number of nitrogens with zero attached hydrogens (tertiary/aromatic N) is 1. The molecule has 0 spiro atoms. The maximum absolute atomic E-state index is 12.1. The van der Waals surface area contributed by atoms with E-state index in [4.69, 9.17) is 10.5 Å². The van der Waals surface area contributed by atoms with Gasteiger partial charge in [0.25, 0.3) is 0 Å². The predicted molar refractivity (Wildman–Crippen MR) is 73.3 cm³/mol. The summed E-state index contributed by atoms with van der Waals surface area (Å²) in [5, 5.41) is 0. The molecule has 1 rings (SSSR count). The summed E-state index contributed by atoms with van der Waals surface area (Å²) in [7, 11) is 0. The molecule has 0 aromatic heterocycles. The van der Waals surface area contributed by atoms with Crippen LogP contribution in [0.15, 0.2) is 0 Å². The van der Waals surface area contributed by atoms with Crippen molar-refractivity contribution in [3.05, 3.63) is 0 Å². The summed E-state index contributed by atoms with van der Waals surface area (Å²) < 4.78 is 5.74. The van der Waals surface area contributed by atoms with Crippen LogP contribution < -0.4 is 5.73 Å². The number of nitrogens with two attached hydrogens (primary N) is 1. The van der Waals surface area contributed by atoms with Crippen LogP contribution in [0.1, 0.15) is 52.4 Å². The summed E-state index contributed by atoms with van der Waals surface area (Å²) in [4.78, 5) is 14.0. The fourth-order valence-corrected chi connectivity index (χ4v) is 2.41. The lowest BCUT2D eigenvalue weighted by atomic mass is 10.1. The van der Waals surface area contributed by atoms with Gasteiger partial charge in [-0.05, 0) is 25.7 Å². The summed E-state index contributed by atoms with van der Waals surface area (Å²) in [6.07, 6.45) is 5.82. The van der Waals surface area contributed by atoms with Crippen molar-refractivity contribution in [2.24, 2.45) is 5.73 Å². The summed E-state index contributed by atoms with van der Waals surface area (Å²) in [5.74, 6) is 0.195. The molecule has 1 saturated heterocycles. The normalized spacial score (nSPS) is 21.9. The summed E-state index contributed by atoms with van der Waals surface area (Å²) in [6.45, 7) is 6.61. The van der Waals surface area contributed by atoms with Gasteiger partial charge in [0.1, 0.15) is 0 Å². The zero-order valence-corrected chi connectivity index (χ0v) is 11.9. The number of carbonyl (C=O) groups excluding carboxylic acids is 1. The van der Waals surface area contributed by atoms with Gasteiger partial charge in [-0.2, -0.15) is 0 Å². The van der Waals surface area contributed by atoms with E-state index in [0.717, 1.165) is 51.8 Å². The second-order valence-corrected chi connectivity index (χ2v) is 5.23. The van der Waals surface area contributed by atoms with E-state index in [1.165, 1.54) is 0 Å². The number of hydrogen-bond acceptors (Lipinski definition) is 3. The molecule has 4 nitrogen and oxygen atoms in total. The molecule has 2 atom stereocenters. The zero-order valence-electron chi connectivity index (χ0n) is 11.9. The summed E-state index contributed by atoms with van der Waals surface area (Å²) in [5.41, 5.74) is 5.93. The van der Waals surface area contributed by atoms with Crippen LogP contribution in [0.3, 0.4) is 0 Å². The Labute approximate surface area is 111 Å². The molecule has 0 bridgehead atoms. The van der Waals surface area contributed by atoms with E-state index < -0.39 is 0 Å². The Hall–Kier alpha value is -0.610. The molecule has 1 aliphatic rings. The van der Waals surface area contributed by atoms with Crippen molar-refractivity contribution in [1.82, 2.24) is 4.90 Å². The Balaban J connectivity index is 2.33. The van der Waals surface area contributed by atoms with Gasteiger partial charge >= 0.3 is 0 Å². The van der Waals surface area contributed by atoms with E-state index in [2.05, 4.69) is 13.8 Å². The minimum atomic E-state index is 0.0134. The number of piperidine rings is 1. The second-order valence-electron chi connectivity index (χ2n) is 5.23. The van der Waals surface area contributed by atoms with E-state index in [0.29, 0.717) is 6.42 Å². The number of rotatable bonds is 7. The molecule has 1 heterocycles. The van der Waals surface area contributed by atoms with Gasteiger partial charge in [-0.3, -0.25) is 4.79 Å². The SMILES string of the molecule is CCCOC1CCCN(C(=O)CC(N)CCC)C1. The van der Waals surface area contributed by atoms with Crippen molar-refractivity contribution in [2.75, 3.05) is 19.7 Å². The zero-order chi connectivity index (χ0) is 13.4. The molecule has 0 saturated carbocycles. The molecule has 0 aromatic rings. The van der Waals surface area contributed by atoms with Gasteiger partial charge in [0.15, 0.2) is 0 Å². The Bertz CT molecular complexity index is 246. The Morgan fingerprint density at radius 2 is 2.22 bits per heavy atom. The average Bonchev–Trinajstić information content (AvgIpc) is 2.37. The molecule has 0 aromatic carbocycles. The highest BCUT2D eigenvalue weighted by atomic mass is 16.5. The lowest BCUT2D eigenvalue weighted by molar-refractivity contribution is -0.135. The predicted octanol–water partition coefficient (Wildman–Crippen LogP) is 1.92. The first kappa shape index (κ1) is 15.4. The smallest absolute Gasteiger partial charge is 0.224 e. The van der Waals surface area contributed by atoms with Gasteiger partial charge in [-0.25, -0.2) is 0 Å². The number of ether oxygens (including phenoxy) is 1. The standard InChI is InChI=1S/C14H28N2O2/c1-3-6-12(15)10-14(17)16-8-5-7-13(11-16)18-9-4-2/h12-13H,3-11,15H2,1-2H3. The first-order valence-corrected chi connectivity index (χ1v) is 7.32. The van der Waals surface area contributed by atoms with Gasteiger partial charge < -0.3 is 15.4 Å². The van der Waals surface area contributed by atoms with Crippen LogP contribution in [0.2, 0.25) is 0 Å². The van der Waals surface area contributed by atoms with E-state index in [9.17, 15) is 4.79 Å². The number of likely N-dealkylation sites (tertiary alicyclic amines) is 1. The summed E-state index contributed by atoms with van der Waals surface area (Å²) >= 11 is 0. The van der Waals surface area contributed by atoms with E-state index in [-0.39, 0.29) is 18.1 Å². The molecule has 18 heavy (non-hydrogen) atoms. The van der Waals surface area contributed by atoms with Gasteiger partial charge in [-0.15, -0.1) is 0 Å². The van der Waals surface area contributed by atoms with Crippen molar-refractivity contribution in [1.29, 1.82) is 0 Å². The van der Waals surface area contributed by atoms with Gasteiger partial charge in [0, 0.05) is 32.2 Å².